The summed E-state index contributed by atoms with van der Waals surface area (Å²) in [5.74, 6) is 1.48. The summed E-state index contributed by atoms with van der Waals surface area (Å²) in [4.78, 5) is 0. The van der Waals surface area contributed by atoms with Crippen LogP contribution >= 0.6 is 23.2 Å². The first kappa shape index (κ1) is 19.0. The molecule has 0 amide bonds. The maximum atomic E-state index is 6.27. The smallest absolute Gasteiger partial charge is 0.124 e. The van der Waals surface area contributed by atoms with Crippen molar-refractivity contribution in [1.82, 2.24) is 5.32 Å². The van der Waals surface area contributed by atoms with Crippen LogP contribution in [-0.2, 0) is 13.2 Å². The van der Waals surface area contributed by atoms with Gasteiger partial charge in [0.15, 0.2) is 0 Å². The Morgan fingerprint density at radius 1 is 1.00 bits per heavy atom. The van der Waals surface area contributed by atoms with E-state index in [0.717, 1.165) is 24.4 Å². The van der Waals surface area contributed by atoms with Gasteiger partial charge in [-0.25, -0.2) is 0 Å². The Labute approximate surface area is 165 Å². The number of hydrogen-bond acceptors (Lipinski definition) is 2. The summed E-state index contributed by atoms with van der Waals surface area (Å²) in [6.45, 7) is 6.55. The lowest BCUT2D eigenvalue weighted by Crippen LogP contribution is -2.19. The molecule has 3 aromatic carbocycles. The minimum Gasteiger partial charge on any atom is -0.488 e. The summed E-state index contributed by atoms with van der Waals surface area (Å²) in [6, 6.07) is 18.0. The van der Waals surface area contributed by atoms with Crippen LogP contribution in [0.1, 0.15) is 25.0 Å². The predicted molar refractivity (Wildman–Crippen MR) is 111 cm³/mol. The Kier molecular flexibility index (Phi) is 6.42. The van der Waals surface area contributed by atoms with E-state index in [2.05, 4.69) is 49.5 Å². The molecule has 0 saturated carbocycles. The van der Waals surface area contributed by atoms with E-state index >= 15 is 0 Å². The number of rotatable bonds is 7. The standard InChI is InChI=1S/C22H23Cl2NO/c1-15(2)12-25-13-20-19-6-4-3-5-16(19)8-10-22(20)26-14-17-7-9-18(23)11-21(17)24/h3-11,15,25H,12-14H2,1-2H3. The van der Waals surface area contributed by atoms with Crippen molar-refractivity contribution in [2.75, 3.05) is 6.54 Å². The van der Waals surface area contributed by atoms with Crippen LogP contribution < -0.4 is 10.1 Å². The van der Waals surface area contributed by atoms with E-state index in [-0.39, 0.29) is 0 Å². The zero-order valence-corrected chi connectivity index (χ0v) is 16.6. The Hall–Kier alpha value is -1.74. The molecule has 0 saturated heterocycles. The fraction of sp³-hybridized carbons (Fsp3) is 0.273. The van der Waals surface area contributed by atoms with E-state index in [9.17, 15) is 0 Å². The zero-order chi connectivity index (χ0) is 18.5. The predicted octanol–water partition coefficient (Wildman–Crippen LogP) is 6.47. The van der Waals surface area contributed by atoms with Gasteiger partial charge in [0, 0.05) is 27.7 Å². The molecule has 3 rings (SSSR count). The molecule has 0 fully saturated rings. The normalized spacial score (nSPS) is 11.3. The lowest BCUT2D eigenvalue weighted by atomic mass is 10.0. The summed E-state index contributed by atoms with van der Waals surface area (Å²) in [7, 11) is 0. The minimum atomic E-state index is 0.408. The second-order valence-corrected chi connectivity index (χ2v) is 7.66. The summed E-state index contributed by atoms with van der Waals surface area (Å²) >= 11 is 12.2. The second-order valence-electron chi connectivity index (χ2n) is 6.81. The molecule has 0 aliphatic rings. The fourth-order valence-electron chi connectivity index (χ4n) is 2.91. The Morgan fingerprint density at radius 2 is 1.81 bits per heavy atom. The number of nitrogens with one attached hydrogen (secondary N) is 1. The van der Waals surface area contributed by atoms with Crippen molar-refractivity contribution in [3.8, 4) is 5.75 Å². The molecule has 0 aliphatic carbocycles. The quantitative estimate of drug-likeness (QED) is 0.501. The van der Waals surface area contributed by atoms with Gasteiger partial charge in [-0.3, -0.25) is 0 Å². The lowest BCUT2D eigenvalue weighted by molar-refractivity contribution is 0.302. The zero-order valence-electron chi connectivity index (χ0n) is 15.1. The number of hydrogen-bond donors (Lipinski definition) is 1. The van der Waals surface area contributed by atoms with Crippen LogP contribution in [0.5, 0.6) is 5.75 Å². The first-order valence-corrected chi connectivity index (χ1v) is 9.58. The molecule has 0 unspecified atom stereocenters. The molecule has 0 atom stereocenters. The SMILES string of the molecule is CC(C)CNCc1c(OCc2ccc(Cl)cc2Cl)ccc2ccccc12. The molecule has 3 aromatic rings. The number of ether oxygens (including phenoxy) is 1. The molecule has 26 heavy (non-hydrogen) atoms. The van der Waals surface area contributed by atoms with Crippen LogP contribution in [-0.4, -0.2) is 6.54 Å². The van der Waals surface area contributed by atoms with Crippen molar-refractivity contribution in [2.24, 2.45) is 5.92 Å². The highest BCUT2D eigenvalue weighted by atomic mass is 35.5. The van der Waals surface area contributed by atoms with Crippen molar-refractivity contribution in [3.05, 3.63) is 75.8 Å². The molecule has 0 spiro atoms. The summed E-state index contributed by atoms with van der Waals surface area (Å²) in [5, 5.41) is 7.20. The van der Waals surface area contributed by atoms with Gasteiger partial charge < -0.3 is 10.1 Å². The van der Waals surface area contributed by atoms with Gasteiger partial charge >= 0.3 is 0 Å². The van der Waals surface area contributed by atoms with Gasteiger partial charge in [0.25, 0.3) is 0 Å². The van der Waals surface area contributed by atoms with Gasteiger partial charge in [-0.15, -0.1) is 0 Å². The van der Waals surface area contributed by atoms with Crippen LogP contribution in [0, 0.1) is 5.92 Å². The summed E-state index contributed by atoms with van der Waals surface area (Å²) in [5.41, 5.74) is 2.10. The molecular formula is C22H23Cl2NO. The van der Waals surface area contributed by atoms with Crippen LogP contribution in [0.2, 0.25) is 10.0 Å². The van der Waals surface area contributed by atoms with Crippen molar-refractivity contribution >= 4 is 34.0 Å². The van der Waals surface area contributed by atoms with Crippen LogP contribution in [0.3, 0.4) is 0 Å². The molecule has 0 radical (unpaired) electrons. The van der Waals surface area contributed by atoms with Crippen LogP contribution in [0.4, 0.5) is 0 Å². The number of halogens is 2. The molecule has 0 bridgehead atoms. The van der Waals surface area contributed by atoms with Crippen molar-refractivity contribution < 1.29 is 4.74 Å². The van der Waals surface area contributed by atoms with E-state index in [0.29, 0.717) is 22.6 Å². The van der Waals surface area contributed by atoms with Gasteiger partial charge in [-0.2, -0.15) is 0 Å². The van der Waals surface area contributed by atoms with Crippen LogP contribution in [0.25, 0.3) is 10.8 Å². The monoisotopic (exact) mass is 387 g/mol. The Morgan fingerprint density at radius 3 is 2.58 bits per heavy atom. The number of fused-ring (bicyclic) bond motifs is 1. The maximum absolute atomic E-state index is 6.27. The average Bonchev–Trinajstić information content (AvgIpc) is 2.61. The van der Waals surface area contributed by atoms with Crippen molar-refractivity contribution in [3.63, 3.8) is 0 Å². The maximum Gasteiger partial charge on any atom is 0.124 e. The van der Waals surface area contributed by atoms with Gasteiger partial charge in [0.2, 0.25) is 0 Å². The average molecular weight is 388 g/mol. The Bertz CT molecular complexity index is 892. The highest BCUT2D eigenvalue weighted by Crippen LogP contribution is 2.30. The lowest BCUT2D eigenvalue weighted by Gasteiger charge is -2.16. The molecule has 0 aliphatic heterocycles. The molecule has 0 heterocycles. The first-order chi connectivity index (χ1) is 12.5. The van der Waals surface area contributed by atoms with Gasteiger partial charge in [0.1, 0.15) is 12.4 Å². The third-order valence-electron chi connectivity index (χ3n) is 4.25. The van der Waals surface area contributed by atoms with E-state index in [1.165, 1.54) is 16.3 Å². The largest absolute Gasteiger partial charge is 0.488 e. The van der Waals surface area contributed by atoms with E-state index < -0.39 is 0 Å². The van der Waals surface area contributed by atoms with Gasteiger partial charge in [-0.05, 0) is 41.4 Å². The molecule has 4 heteroatoms. The molecule has 136 valence electrons. The first-order valence-electron chi connectivity index (χ1n) is 8.82. The van der Waals surface area contributed by atoms with Gasteiger partial charge in [-0.1, -0.05) is 73.4 Å². The summed E-state index contributed by atoms with van der Waals surface area (Å²) < 4.78 is 6.14. The van der Waals surface area contributed by atoms with E-state index in [4.69, 9.17) is 27.9 Å². The van der Waals surface area contributed by atoms with Gasteiger partial charge in [0.05, 0.1) is 0 Å². The minimum absolute atomic E-state index is 0.408. The third kappa shape index (κ3) is 4.70. The molecule has 1 N–H and O–H groups in total. The molecule has 0 aromatic heterocycles. The third-order valence-corrected chi connectivity index (χ3v) is 4.84. The Balaban J connectivity index is 1.86. The molecule has 2 nitrogen and oxygen atoms in total. The van der Waals surface area contributed by atoms with Crippen molar-refractivity contribution in [1.29, 1.82) is 0 Å². The van der Waals surface area contributed by atoms with Crippen molar-refractivity contribution in [2.45, 2.75) is 27.0 Å². The van der Waals surface area contributed by atoms with Crippen LogP contribution in [0.15, 0.2) is 54.6 Å². The fourth-order valence-corrected chi connectivity index (χ4v) is 3.38. The summed E-state index contributed by atoms with van der Waals surface area (Å²) in [6.07, 6.45) is 0. The van der Waals surface area contributed by atoms with E-state index in [1.807, 2.05) is 18.2 Å². The van der Waals surface area contributed by atoms with E-state index in [1.54, 1.807) is 6.07 Å². The number of benzene rings is 3. The highest BCUT2D eigenvalue weighted by molar-refractivity contribution is 6.35. The highest BCUT2D eigenvalue weighted by Gasteiger charge is 2.10. The second kappa shape index (κ2) is 8.77. The topological polar surface area (TPSA) is 21.3 Å². The molecular weight excluding hydrogens is 365 g/mol.